The molecule has 0 aliphatic rings. The number of benzene rings is 1. The molecule has 0 aliphatic carbocycles. The first-order valence-electron chi connectivity index (χ1n) is 4.24. The summed E-state index contributed by atoms with van der Waals surface area (Å²) in [6.45, 7) is -0.526. The summed E-state index contributed by atoms with van der Waals surface area (Å²) in [5, 5.41) is 0. The molecule has 0 radical (unpaired) electrons. The topological polar surface area (TPSA) is 20.7 Å². The van der Waals surface area contributed by atoms with Crippen molar-refractivity contribution in [1.29, 1.82) is 0 Å². The van der Waals surface area contributed by atoms with Crippen molar-refractivity contribution in [2.75, 3.05) is 0 Å². The minimum Gasteiger partial charge on any atom is -0.331 e. The zero-order valence-electron chi connectivity index (χ0n) is 7.51. The summed E-state index contributed by atoms with van der Waals surface area (Å²) in [7, 11) is 0. The number of aromatic amines is 1. The van der Waals surface area contributed by atoms with Crippen LogP contribution in [0.25, 0.3) is 11.0 Å². The smallest absolute Gasteiger partial charge is 0.256 e. The number of aromatic nitrogens is 2. The molecule has 0 atom stereocenters. The molecular formula is C9H7F3N2S. The standard InChI is InChI=1S/C9H7F3N2S/c10-5-1-2-6-7(3-5)14(4-8(11)12)9(15)13-6/h1-3,8H,4H2,(H,13,15). The first kappa shape index (κ1) is 10.2. The quantitative estimate of drug-likeness (QED) is 0.789. The fraction of sp³-hybridized carbons (Fsp3) is 0.222. The molecule has 0 bridgehead atoms. The van der Waals surface area contributed by atoms with Crippen LogP contribution < -0.4 is 0 Å². The predicted octanol–water partition coefficient (Wildman–Crippen LogP) is 3.10. The largest absolute Gasteiger partial charge is 0.331 e. The van der Waals surface area contributed by atoms with Crippen LogP contribution >= 0.6 is 12.2 Å². The zero-order chi connectivity index (χ0) is 11.0. The maximum absolute atomic E-state index is 12.9. The van der Waals surface area contributed by atoms with E-state index < -0.39 is 18.8 Å². The normalized spacial score (nSPS) is 11.5. The highest BCUT2D eigenvalue weighted by atomic mass is 32.1. The van der Waals surface area contributed by atoms with Gasteiger partial charge >= 0.3 is 0 Å². The van der Waals surface area contributed by atoms with Crippen LogP contribution in [0, 0.1) is 10.6 Å². The maximum atomic E-state index is 12.9. The van der Waals surface area contributed by atoms with Crippen molar-refractivity contribution in [3.63, 3.8) is 0 Å². The number of fused-ring (bicyclic) bond motifs is 1. The van der Waals surface area contributed by atoms with Gasteiger partial charge in [-0.15, -0.1) is 0 Å². The Bertz CT molecular complexity index is 544. The third-order valence-corrected chi connectivity index (χ3v) is 2.38. The monoisotopic (exact) mass is 232 g/mol. The number of imidazole rings is 1. The Morgan fingerprint density at radius 1 is 1.40 bits per heavy atom. The summed E-state index contributed by atoms with van der Waals surface area (Å²) in [5.41, 5.74) is 0.919. The average molecular weight is 232 g/mol. The molecule has 0 spiro atoms. The van der Waals surface area contributed by atoms with Crippen molar-refractivity contribution >= 4 is 23.3 Å². The molecule has 0 amide bonds. The highest BCUT2D eigenvalue weighted by Crippen LogP contribution is 2.16. The van der Waals surface area contributed by atoms with E-state index in [1.165, 1.54) is 22.8 Å². The number of hydrogen-bond donors (Lipinski definition) is 1. The predicted molar refractivity (Wildman–Crippen MR) is 53.1 cm³/mol. The van der Waals surface area contributed by atoms with Gasteiger partial charge in [-0.3, -0.25) is 0 Å². The fourth-order valence-electron chi connectivity index (χ4n) is 1.45. The van der Waals surface area contributed by atoms with Crippen LogP contribution in [0.1, 0.15) is 0 Å². The molecule has 80 valence electrons. The van der Waals surface area contributed by atoms with Gasteiger partial charge in [0.2, 0.25) is 0 Å². The second-order valence-electron chi connectivity index (χ2n) is 3.09. The third-order valence-electron chi connectivity index (χ3n) is 2.06. The van der Waals surface area contributed by atoms with Crippen LogP contribution in [0.5, 0.6) is 0 Å². The van der Waals surface area contributed by atoms with Gasteiger partial charge in [0, 0.05) is 0 Å². The van der Waals surface area contributed by atoms with Gasteiger partial charge in [0.15, 0.2) is 4.77 Å². The van der Waals surface area contributed by atoms with Crippen LogP contribution in [-0.2, 0) is 6.54 Å². The highest BCUT2D eigenvalue weighted by molar-refractivity contribution is 7.71. The molecule has 1 aromatic carbocycles. The molecular weight excluding hydrogens is 225 g/mol. The molecule has 2 nitrogen and oxygen atoms in total. The summed E-state index contributed by atoms with van der Waals surface area (Å²) in [6.07, 6.45) is -2.51. The van der Waals surface area contributed by atoms with Crippen molar-refractivity contribution in [2.24, 2.45) is 0 Å². The van der Waals surface area contributed by atoms with Crippen LogP contribution in [0.15, 0.2) is 18.2 Å². The molecule has 1 aromatic heterocycles. The number of nitrogens with zero attached hydrogens (tertiary/aromatic N) is 1. The summed E-state index contributed by atoms with van der Waals surface area (Å²) in [5.74, 6) is -0.473. The van der Waals surface area contributed by atoms with Crippen molar-refractivity contribution in [1.82, 2.24) is 9.55 Å². The van der Waals surface area contributed by atoms with Crippen molar-refractivity contribution in [2.45, 2.75) is 13.0 Å². The van der Waals surface area contributed by atoms with E-state index in [4.69, 9.17) is 12.2 Å². The van der Waals surface area contributed by atoms with E-state index in [2.05, 4.69) is 4.98 Å². The lowest BCUT2D eigenvalue weighted by molar-refractivity contribution is 0.127. The number of halogens is 3. The molecule has 2 rings (SSSR count). The lowest BCUT2D eigenvalue weighted by atomic mass is 10.3. The number of hydrogen-bond acceptors (Lipinski definition) is 1. The summed E-state index contributed by atoms with van der Waals surface area (Å²) in [4.78, 5) is 2.74. The molecule has 0 aliphatic heterocycles. The first-order valence-corrected chi connectivity index (χ1v) is 4.65. The van der Waals surface area contributed by atoms with E-state index in [0.717, 1.165) is 0 Å². The Labute approximate surface area is 88.3 Å². The van der Waals surface area contributed by atoms with E-state index in [9.17, 15) is 13.2 Å². The third kappa shape index (κ3) is 1.90. The van der Waals surface area contributed by atoms with Gasteiger partial charge in [0.05, 0.1) is 17.6 Å². The molecule has 0 unspecified atom stereocenters. The van der Waals surface area contributed by atoms with E-state index in [0.29, 0.717) is 11.0 Å². The highest BCUT2D eigenvalue weighted by Gasteiger charge is 2.10. The summed E-state index contributed by atoms with van der Waals surface area (Å²) >= 11 is 4.87. The van der Waals surface area contributed by atoms with Crippen LogP contribution in [0.3, 0.4) is 0 Å². The van der Waals surface area contributed by atoms with Gasteiger partial charge in [-0.25, -0.2) is 13.2 Å². The first-order chi connectivity index (χ1) is 7.08. The second-order valence-corrected chi connectivity index (χ2v) is 3.48. The van der Waals surface area contributed by atoms with E-state index in [1.54, 1.807) is 0 Å². The lowest BCUT2D eigenvalue weighted by Gasteiger charge is -2.02. The molecule has 0 saturated heterocycles. The molecule has 0 fully saturated rings. The van der Waals surface area contributed by atoms with Crippen LogP contribution in [0.4, 0.5) is 13.2 Å². The van der Waals surface area contributed by atoms with Gasteiger partial charge in [0.25, 0.3) is 6.43 Å². The second kappa shape index (κ2) is 3.69. The Balaban J connectivity index is 2.65. The lowest BCUT2D eigenvalue weighted by Crippen LogP contribution is -2.06. The molecule has 0 saturated carbocycles. The average Bonchev–Trinajstić information content (AvgIpc) is 2.43. The Kier molecular flexibility index (Phi) is 2.52. The molecule has 15 heavy (non-hydrogen) atoms. The van der Waals surface area contributed by atoms with E-state index in [-0.39, 0.29) is 4.77 Å². The Hall–Kier alpha value is -1.30. The van der Waals surface area contributed by atoms with Crippen molar-refractivity contribution < 1.29 is 13.2 Å². The summed E-state index contributed by atoms with van der Waals surface area (Å²) in [6, 6.07) is 3.91. The van der Waals surface area contributed by atoms with Gasteiger partial charge in [0.1, 0.15) is 5.82 Å². The molecule has 2 aromatic rings. The van der Waals surface area contributed by atoms with Gasteiger partial charge in [-0.1, -0.05) is 0 Å². The zero-order valence-corrected chi connectivity index (χ0v) is 8.32. The number of nitrogens with one attached hydrogen (secondary N) is 1. The Morgan fingerprint density at radius 3 is 2.80 bits per heavy atom. The SMILES string of the molecule is Fc1ccc2[nH]c(=S)n(CC(F)F)c2c1. The molecule has 6 heteroatoms. The molecule has 1 heterocycles. The fourth-order valence-corrected chi connectivity index (χ4v) is 1.73. The van der Waals surface area contributed by atoms with Gasteiger partial charge in [-0.2, -0.15) is 0 Å². The number of rotatable bonds is 2. The van der Waals surface area contributed by atoms with Gasteiger partial charge < -0.3 is 9.55 Å². The van der Waals surface area contributed by atoms with Crippen molar-refractivity contribution in [3.05, 3.63) is 28.8 Å². The summed E-state index contributed by atoms with van der Waals surface area (Å²) < 4.78 is 38.7. The van der Waals surface area contributed by atoms with Crippen LogP contribution in [-0.4, -0.2) is 16.0 Å². The minimum atomic E-state index is -2.51. The van der Waals surface area contributed by atoms with Crippen LogP contribution in [0.2, 0.25) is 0 Å². The number of H-pyrrole nitrogens is 1. The molecule has 1 N–H and O–H groups in total. The number of alkyl halides is 2. The Morgan fingerprint density at radius 2 is 2.13 bits per heavy atom. The maximum Gasteiger partial charge on any atom is 0.256 e. The van der Waals surface area contributed by atoms with E-state index >= 15 is 0 Å². The van der Waals surface area contributed by atoms with Crippen molar-refractivity contribution in [3.8, 4) is 0 Å². The van der Waals surface area contributed by atoms with Gasteiger partial charge in [-0.05, 0) is 30.4 Å². The van der Waals surface area contributed by atoms with E-state index in [1.807, 2.05) is 0 Å². The minimum absolute atomic E-state index is 0.177.